The monoisotopic (exact) mass is 359 g/mol. The number of anilines is 1. The lowest BCUT2D eigenvalue weighted by atomic mass is 10.0. The van der Waals surface area contributed by atoms with Crippen molar-refractivity contribution in [3.63, 3.8) is 0 Å². The van der Waals surface area contributed by atoms with E-state index in [1.165, 1.54) is 0 Å². The van der Waals surface area contributed by atoms with Gasteiger partial charge in [-0.05, 0) is 42.5 Å². The Bertz CT molecular complexity index is 834. The minimum absolute atomic E-state index is 0. The molecule has 0 aliphatic carbocycles. The zero-order valence-electron chi connectivity index (χ0n) is 12.6. The normalized spacial score (nSPS) is 9.88. The fraction of sp³-hybridized carbons (Fsp3) is 0. The van der Waals surface area contributed by atoms with Gasteiger partial charge in [0.2, 0.25) is 0 Å². The highest BCUT2D eigenvalue weighted by atomic mass is 35.5. The Morgan fingerprint density at radius 2 is 1.50 bits per heavy atom. The molecule has 0 unspecified atom stereocenters. The summed E-state index contributed by atoms with van der Waals surface area (Å²) in [7, 11) is 0. The average Bonchev–Trinajstić information content (AvgIpc) is 2.58. The first-order valence-electron chi connectivity index (χ1n) is 7.06. The first-order chi connectivity index (χ1) is 11.1. The van der Waals surface area contributed by atoms with E-state index in [0.717, 1.165) is 0 Å². The number of nitrogens with two attached hydrogens (primary N) is 1. The Hall–Kier alpha value is -2.49. The number of halogens is 2. The van der Waals surface area contributed by atoms with E-state index in [1.807, 2.05) is 18.2 Å². The van der Waals surface area contributed by atoms with Crippen LogP contribution in [0.2, 0.25) is 5.02 Å². The smallest absolute Gasteiger partial charge is 0.193 e. The molecule has 2 N–H and O–H groups in total. The van der Waals surface area contributed by atoms with Crippen molar-refractivity contribution in [3.05, 3.63) is 88.9 Å². The van der Waals surface area contributed by atoms with E-state index in [1.54, 1.807) is 54.6 Å². The van der Waals surface area contributed by atoms with Gasteiger partial charge in [-0.3, -0.25) is 4.79 Å². The Kier molecular flexibility index (Phi) is 5.85. The summed E-state index contributed by atoms with van der Waals surface area (Å²) >= 11 is 5.86. The Balaban J connectivity index is 0.00000208. The maximum absolute atomic E-state index is 12.3. The number of carbonyl (C=O) groups is 1. The van der Waals surface area contributed by atoms with Crippen molar-refractivity contribution in [2.75, 3.05) is 5.73 Å². The first-order valence-corrected chi connectivity index (χ1v) is 7.44. The van der Waals surface area contributed by atoms with Gasteiger partial charge in [-0.15, -0.1) is 12.4 Å². The molecular weight excluding hydrogens is 345 g/mol. The molecule has 3 nitrogen and oxygen atoms in total. The van der Waals surface area contributed by atoms with Crippen LogP contribution in [0.4, 0.5) is 5.69 Å². The number of hydrogen-bond donors (Lipinski definition) is 1. The summed E-state index contributed by atoms with van der Waals surface area (Å²) in [6.45, 7) is 0. The van der Waals surface area contributed by atoms with Crippen molar-refractivity contribution in [1.29, 1.82) is 0 Å². The molecule has 0 amide bonds. The second-order valence-electron chi connectivity index (χ2n) is 5.00. The van der Waals surface area contributed by atoms with E-state index >= 15 is 0 Å². The van der Waals surface area contributed by atoms with Crippen molar-refractivity contribution >= 4 is 35.5 Å². The molecule has 122 valence electrons. The first kappa shape index (κ1) is 17.9. The largest absolute Gasteiger partial charge is 0.455 e. The molecular formula is C19H15Cl2NO2. The molecule has 0 aliphatic heterocycles. The molecule has 5 heteroatoms. The van der Waals surface area contributed by atoms with E-state index in [0.29, 0.717) is 33.3 Å². The molecule has 0 spiro atoms. The number of carbonyl (C=O) groups excluding carboxylic acids is 1. The molecule has 0 saturated heterocycles. The van der Waals surface area contributed by atoms with E-state index in [9.17, 15) is 4.79 Å². The summed E-state index contributed by atoms with van der Waals surface area (Å²) < 4.78 is 5.71. The van der Waals surface area contributed by atoms with Crippen LogP contribution in [0.15, 0.2) is 72.8 Å². The maximum atomic E-state index is 12.3. The van der Waals surface area contributed by atoms with Gasteiger partial charge < -0.3 is 10.5 Å². The van der Waals surface area contributed by atoms with Crippen molar-refractivity contribution in [3.8, 4) is 11.5 Å². The summed E-state index contributed by atoms with van der Waals surface area (Å²) in [5.41, 5.74) is 7.58. The molecule has 0 aromatic heterocycles. The summed E-state index contributed by atoms with van der Waals surface area (Å²) in [6.07, 6.45) is 0. The Morgan fingerprint density at radius 3 is 2.12 bits per heavy atom. The van der Waals surface area contributed by atoms with Gasteiger partial charge in [0.05, 0.1) is 5.69 Å². The van der Waals surface area contributed by atoms with Crippen molar-refractivity contribution in [2.45, 2.75) is 0 Å². The van der Waals surface area contributed by atoms with Crippen LogP contribution in [0, 0.1) is 0 Å². The SMILES string of the molecule is Cl.Nc1cc(Cl)ccc1Oc1ccc(C(=O)c2ccccc2)cc1. The highest BCUT2D eigenvalue weighted by molar-refractivity contribution is 6.30. The summed E-state index contributed by atoms with van der Waals surface area (Å²) in [6, 6.07) is 21.1. The fourth-order valence-corrected chi connectivity index (χ4v) is 2.35. The second kappa shape index (κ2) is 7.86. The highest BCUT2D eigenvalue weighted by Gasteiger charge is 2.09. The van der Waals surface area contributed by atoms with Crippen LogP contribution in [0.1, 0.15) is 15.9 Å². The third-order valence-corrected chi connectivity index (χ3v) is 3.59. The van der Waals surface area contributed by atoms with E-state index in [2.05, 4.69) is 0 Å². The second-order valence-corrected chi connectivity index (χ2v) is 5.44. The van der Waals surface area contributed by atoms with Crippen molar-refractivity contribution in [2.24, 2.45) is 0 Å². The zero-order valence-corrected chi connectivity index (χ0v) is 14.2. The predicted octanol–water partition coefficient (Wildman–Crippen LogP) is 5.37. The van der Waals surface area contributed by atoms with Gasteiger partial charge in [0.15, 0.2) is 5.78 Å². The van der Waals surface area contributed by atoms with E-state index < -0.39 is 0 Å². The molecule has 3 aromatic carbocycles. The lowest BCUT2D eigenvalue weighted by Gasteiger charge is -2.09. The Morgan fingerprint density at radius 1 is 0.875 bits per heavy atom. The van der Waals surface area contributed by atoms with E-state index in [-0.39, 0.29) is 18.2 Å². The lowest BCUT2D eigenvalue weighted by Crippen LogP contribution is -2.00. The van der Waals surface area contributed by atoms with Crippen LogP contribution in [-0.4, -0.2) is 5.78 Å². The summed E-state index contributed by atoms with van der Waals surface area (Å²) in [5, 5.41) is 0.554. The lowest BCUT2D eigenvalue weighted by molar-refractivity contribution is 0.103. The quantitative estimate of drug-likeness (QED) is 0.503. The van der Waals surface area contributed by atoms with Crippen LogP contribution in [-0.2, 0) is 0 Å². The van der Waals surface area contributed by atoms with Crippen LogP contribution >= 0.6 is 24.0 Å². The predicted molar refractivity (Wildman–Crippen MR) is 99.5 cm³/mol. The van der Waals surface area contributed by atoms with Crippen LogP contribution < -0.4 is 10.5 Å². The number of hydrogen-bond acceptors (Lipinski definition) is 3. The van der Waals surface area contributed by atoms with Crippen LogP contribution in [0.25, 0.3) is 0 Å². The zero-order chi connectivity index (χ0) is 16.2. The minimum Gasteiger partial charge on any atom is -0.455 e. The molecule has 0 bridgehead atoms. The summed E-state index contributed by atoms with van der Waals surface area (Å²) in [4.78, 5) is 12.3. The molecule has 0 atom stereocenters. The van der Waals surface area contributed by atoms with Gasteiger partial charge in [0.1, 0.15) is 11.5 Å². The van der Waals surface area contributed by atoms with Crippen LogP contribution in [0.5, 0.6) is 11.5 Å². The topological polar surface area (TPSA) is 52.3 Å². The van der Waals surface area contributed by atoms with Crippen molar-refractivity contribution < 1.29 is 9.53 Å². The molecule has 24 heavy (non-hydrogen) atoms. The molecule has 3 aromatic rings. The molecule has 0 saturated carbocycles. The molecule has 0 radical (unpaired) electrons. The summed E-state index contributed by atoms with van der Waals surface area (Å²) in [5.74, 6) is 1.10. The minimum atomic E-state index is -0.0249. The molecule has 0 fully saturated rings. The molecule has 0 heterocycles. The van der Waals surface area contributed by atoms with Gasteiger partial charge in [-0.25, -0.2) is 0 Å². The van der Waals surface area contributed by atoms with Gasteiger partial charge in [-0.2, -0.15) is 0 Å². The number of ketones is 1. The molecule has 3 rings (SSSR count). The van der Waals surface area contributed by atoms with Gasteiger partial charge >= 0.3 is 0 Å². The number of rotatable bonds is 4. The number of nitrogen functional groups attached to an aromatic ring is 1. The van der Waals surface area contributed by atoms with Gasteiger partial charge in [0.25, 0.3) is 0 Å². The van der Waals surface area contributed by atoms with Crippen molar-refractivity contribution in [1.82, 2.24) is 0 Å². The average molecular weight is 360 g/mol. The highest BCUT2D eigenvalue weighted by Crippen LogP contribution is 2.29. The third kappa shape index (κ3) is 4.07. The van der Waals surface area contributed by atoms with Gasteiger partial charge in [0, 0.05) is 16.1 Å². The molecule has 0 aliphatic rings. The fourth-order valence-electron chi connectivity index (χ4n) is 2.17. The van der Waals surface area contributed by atoms with Gasteiger partial charge in [-0.1, -0.05) is 41.9 Å². The standard InChI is InChI=1S/C19H14ClNO2.ClH/c20-15-8-11-18(17(21)12-15)23-16-9-6-14(7-10-16)19(22)13-4-2-1-3-5-13;/h1-12H,21H2;1H. The third-order valence-electron chi connectivity index (χ3n) is 3.35. The van der Waals surface area contributed by atoms with Crippen LogP contribution in [0.3, 0.4) is 0 Å². The number of ether oxygens (including phenoxy) is 1. The number of benzene rings is 3. The Labute approximate surface area is 151 Å². The van der Waals surface area contributed by atoms with E-state index in [4.69, 9.17) is 22.1 Å². The maximum Gasteiger partial charge on any atom is 0.193 e.